The van der Waals surface area contributed by atoms with Gasteiger partial charge < -0.3 is 4.90 Å². The Hall–Kier alpha value is -0.740. The van der Waals surface area contributed by atoms with Gasteiger partial charge in [0.1, 0.15) is 0 Å². The van der Waals surface area contributed by atoms with E-state index in [2.05, 4.69) is 16.8 Å². The first-order chi connectivity index (χ1) is 7.70. The molecule has 2 rings (SSSR count). The number of carbonyl (C=O) groups excluding carboxylic acids is 1. The van der Waals surface area contributed by atoms with Crippen LogP contribution in [0.5, 0.6) is 0 Å². The van der Waals surface area contributed by atoms with Crippen molar-refractivity contribution in [2.75, 3.05) is 19.6 Å². The van der Waals surface area contributed by atoms with Crippen molar-refractivity contribution in [2.24, 2.45) is 0 Å². The van der Waals surface area contributed by atoms with Crippen molar-refractivity contribution < 1.29 is 4.79 Å². The Bertz CT molecular complexity index is 375. The van der Waals surface area contributed by atoms with E-state index >= 15 is 0 Å². The smallest absolute Gasteiger partial charge is 0.171 e. The second-order valence-corrected chi connectivity index (χ2v) is 5.41. The molecule has 0 spiro atoms. The third-order valence-electron chi connectivity index (χ3n) is 3.17. The lowest BCUT2D eigenvalue weighted by Gasteiger charge is -2.30. The van der Waals surface area contributed by atoms with Crippen LogP contribution < -0.4 is 0 Å². The normalized spacial score (nSPS) is 22.2. The number of hydrogen-bond acceptors (Lipinski definition) is 4. The standard InChI is InChI=1S/C12H18N2OS/c1-3-14-6-4-5-10(8-14)12-13-7-11(16-12)9(2)15/h7,10H,3-6,8H2,1-2H3. The summed E-state index contributed by atoms with van der Waals surface area (Å²) in [7, 11) is 0. The van der Waals surface area contributed by atoms with E-state index in [4.69, 9.17) is 0 Å². The third kappa shape index (κ3) is 2.50. The molecule has 0 amide bonds. The van der Waals surface area contributed by atoms with Crippen LogP contribution in [0.15, 0.2) is 6.20 Å². The van der Waals surface area contributed by atoms with Crippen LogP contribution in [-0.4, -0.2) is 35.3 Å². The molecule has 1 aliphatic heterocycles. The summed E-state index contributed by atoms with van der Waals surface area (Å²) in [6.45, 7) is 7.22. The second-order valence-electron chi connectivity index (χ2n) is 4.35. The number of carbonyl (C=O) groups is 1. The zero-order valence-electron chi connectivity index (χ0n) is 9.90. The molecule has 0 bridgehead atoms. The highest BCUT2D eigenvalue weighted by atomic mass is 32.1. The largest absolute Gasteiger partial charge is 0.303 e. The zero-order valence-corrected chi connectivity index (χ0v) is 10.7. The number of piperidine rings is 1. The Morgan fingerprint density at radius 3 is 3.12 bits per heavy atom. The van der Waals surface area contributed by atoms with E-state index in [-0.39, 0.29) is 5.78 Å². The summed E-state index contributed by atoms with van der Waals surface area (Å²) < 4.78 is 0. The molecule has 88 valence electrons. The third-order valence-corrected chi connectivity index (χ3v) is 4.43. The SMILES string of the molecule is CCN1CCCC(c2ncc(C(C)=O)s2)C1. The molecule has 1 saturated heterocycles. The lowest BCUT2D eigenvalue weighted by Crippen LogP contribution is -2.33. The molecule has 16 heavy (non-hydrogen) atoms. The Morgan fingerprint density at radius 2 is 2.50 bits per heavy atom. The van der Waals surface area contributed by atoms with Gasteiger partial charge in [-0.15, -0.1) is 11.3 Å². The molecule has 1 atom stereocenters. The van der Waals surface area contributed by atoms with Crippen LogP contribution in [0, 0.1) is 0 Å². The molecule has 0 saturated carbocycles. The molecule has 1 fully saturated rings. The van der Waals surface area contributed by atoms with E-state index in [1.165, 1.54) is 19.4 Å². The Kier molecular flexibility index (Phi) is 3.71. The van der Waals surface area contributed by atoms with E-state index in [9.17, 15) is 4.79 Å². The minimum absolute atomic E-state index is 0.131. The summed E-state index contributed by atoms with van der Waals surface area (Å²) in [5, 5.41) is 1.14. The summed E-state index contributed by atoms with van der Waals surface area (Å²) in [4.78, 5) is 18.9. The van der Waals surface area contributed by atoms with E-state index < -0.39 is 0 Å². The lowest BCUT2D eigenvalue weighted by molar-refractivity contribution is 0.102. The second kappa shape index (κ2) is 5.06. The van der Waals surface area contributed by atoms with Crippen LogP contribution in [0.1, 0.15) is 47.3 Å². The molecule has 0 aromatic carbocycles. The number of ketones is 1. The fraction of sp³-hybridized carbons (Fsp3) is 0.667. The predicted octanol–water partition coefficient (Wildman–Crippen LogP) is 2.55. The molecule has 0 N–H and O–H groups in total. The van der Waals surface area contributed by atoms with E-state index in [1.54, 1.807) is 24.5 Å². The average molecular weight is 238 g/mol. The van der Waals surface area contributed by atoms with Crippen molar-refractivity contribution in [1.82, 2.24) is 9.88 Å². The topological polar surface area (TPSA) is 33.2 Å². The van der Waals surface area contributed by atoms with Crippen molar-refractivity contribution >= 4 is 17.1 Å². The summed E-state index contributed by atoms with van der Waals surface area (Å²) in [5.74, 6) is 0.665. The van der Waals surface area contributed by atoms with Gasteiger partial charge in [0, 0.05) is 25.6 Å². The van der Waals surface area contributed by atoms with Crippen molar-refractivity contribution in [3.63, 3.8) is 0 Å². The molecule has 4 heteroatoms. The van der Waals surface area contributed by atoms with Crippen molar-refractivity contribution in [3.8, 4) is 0 Å². The number of aromatic nitrogens is 1. The zero-order chi connectivity index (χ0) is 11.5. The molecule has 1 aromatic rings. The van der Waals surface area contributed by atoms with Gasteiger partial charge in [-0.2, -0.15) is 0 Å². The number of nitrogens with zero attached hydrogens (tertiary/aromatic N) is 2. The highest BCUT2D eigenvalue weighted by molar-refractivity contribution is 7.13. The number of hydrogen-bond donors (Lipinski definition) is 0. The minimum atomic E-state index is 0.131. The fourth-order valence-electron chi connectivity index (χ4n) is 2.18. The van der Waals surface area contributed by atoms with Gasteiger partial charge in [-0.05, 0) is 25.9 Å². The minimum Gasteiger partial charge on any atom is -0.303 e. The first kappa shape index (κ1) is 11.7. The number of likely N-dealkylation sites (N-methyl/N-ethyl adjacent to an activating group) is 1. The van der Waals surface area contributed by atoms with Gasteiger partial charge >= 0.3 is 0 Å². The lowest BCUT2D eigenvalue weighted by atomic mass is 9.99. The number of thiazole rings is 1. The quantitative estimate of drug-likeness (QED) is 0.759. The molecular formula is C12H18N2OS. The molecule has 1 aromatic heterocycles. The van der Waals surface area contributed by atoms with Gasteiger partial charge in [0.15, 0.2) is 5.78 Å². The van der Waals surface area contributed by atoms with E-state index in [1.807, 2.05) is 0 Å². The van der Waals surface area contributed by atoms with Crippen LogP contribution >= 0.6 is 11.3 Å². The predicted molar refractivity (Wildman–Crippen MR) is 66.2 cm³/mol. The van der Waals surface area contributed by atoms with Gasteiger partial charge in [0.05, 0.1) is 9.88 Å². The molecule has 0 radical (unpaired) electrons. The first-order valence-corrected chi connectivity index (χ1v) is 6.71. The van der Waals surface area contributed by atoms with Crippen LogP contribution in [0.25, 0.3) is 0 Å². The van der Waals surface area contributed by atoms with Crippen molar-refractivity contribution in [1.29, 1.82) is 0 Å². The summed E-state index contributed by atoms with van der Waals surface area (Å²) in [6.07, 6.45) is 4.18. The Balaban J connectivity index is 2.08. The number of Topliss-reactive ketones (excluding diaryl/α,β-unsaturated/α-hetero) is 1. The Morgan fingerprint density at radius 1 is 1.69 bits per heavy atom. The van der Waals surface area contributed by atoms with Gasteiger partial charge in [0.25, 0.3) is 0 Å². The van der Waals surface area contributed by atoms with Gasteiger partial charge in [-0.1, -0.05) is 6.92 Å². The highest BCUT2D eigenvalue weighted by Crippen LogP contribution is 2.29. The summed E-state index contributed by atoms with van der Waals surface area (Å²) >= 11 is 1.57. The summed E-state index contributed by atoms with van der Waals surface area (Å²) in [5.41, 5.74) is 0. The highest BCUT2D eigenvalue weighted by Gasteiger charge is 2.23. The van der Waals surface area contributed by atoms with Crippen LogP contribution in [0.2, 0.25) is 0 Å². The maximum atomic E-state index is 11.2. The monoisotopic (exact) mass is 238 g/mol. The van der Waals surface area contributed by atoms with Gasteiger partial charge in [-0.3, -0.25) is 4.79 Å². The fourth-order valence-corrected chi connectivity index (χ4v) is 3.12. The van der Waals surface area contributed by atoms with Crippen LogP contribution in [0.4, 0.5) is 0 Å². The summed E-state index contributed by atoms with van der Waals surface area (Å²) in [6, 6.07) is 0. The molecule has 2 heterocycles. The molecular weight excluding hydrogens is 220 g/mol. The van der Waals surface area contributed by atoms with Crippen LogP contribution in [0.3, 0.4) is 0 Å². The Labute approximate surface area is 100 Å². The van der Waals surface area contributed by atoms with Gasteiger partial charge in [-0.25, -0.2) is 4.98 Å². The average Bonchev–Trinajstić information content (AvgIpc) is 2.78. The maximum absolute atomic E-state index is 11.2. The molecule has 1 unspecified atom stereocenters. The maximum Gasteiger partial charge on any atom is 0.171 e. The van der Waals surface area contributed by atoms with Crippen molar-refractivity contribution in [2.45, 2.75) is 32.6 Å². The van der Waals surface area contributed by atoms with Gasteiger partial charge in [0.2, 0.25) is 0 Å². The van der Waals surface area contributed by atoms with E-state index in [0.717, 1.165) is 23.0 Å². The molecule has 3 nitrogen and oxygen atoms in total. The van der Waals surface area contributed by atoms with Crippen molar-refractivity contribution in [3.05, 3.63) is 16.1 Å². The molecule has 1 aliphatic rings. The van der Waals surface area contributed by atoms with Crippen LogP contribution in [-0.2, 0) is 0 Å². The number of likely N-dealkylation sites (tertiary alicyclic amines) is 1. The molecule has 0 aliphatic carbocycles. The van der Waals surface area contributed by atoms with E-state index in [0.29, 0.717) is 5.92 Å². The number of rotatable bonds is 3. The first-order valence-electron chi connectivity index (χ1n) is 5.89.